The van der Waals surface area contributed by atoms with E-state index in [1.165, 1.54) is 47.6 Å². The van der Waals surface area contributed by atoms with Gasteiger partial charge in [-0.3, -0.25) is 14.8 Å². The summed E-state index contributed by atoms with van der Waals surface area (Å²) in [5.41, 5.74) is 7.27. The number of aryl methyl sites for hydroxylation is 1. The normalized spacial score (nSPS) is 23.7. The number of likely N-dealkylation sites (N-methyl/N-ethyl adjacent to an activating group) is 1. The second-order valence-electron chi connectivity index (χ2n) is 15.2. The molecule has 0 bridgehead atoms. The lowest BCUT2D eigenvalue weighted by Crippen LogP contribution is -2.61. The molecule has 1 atom stereocenters. The Morgan fingerprint density at radius 3 is 2.46 bits per heavy atom. The molecule has 2 aromatic heterocycles. The molecule has 2 spiro atoms. The minimum absolute atomic E-state index is 0.0446. The Kier molecular flexibility index (Phi) is 6.81. The highest BCUT2D eigenvalue weighted by Crippen LogP contribution is 2.53. The van der Waals surface area contributed by atoms with Crippen LogP contribution in [-0.4, -0.2) is 101 Å². The third kappa shape index (κ3) is 4.55. The summed E-state index contributed by atoms with van der Waals surface area (Å²) >= 11 is 0. The lowest BCUT2D eigenvalue weighted by Gasteiger charge is -2.54. The van der Waals surface area contributed by atoms with Crippen molar-refractivity contribution >= 4 is 39.5 Å². The van der Waals surface area contributed by atoms with Gasteiger partial charge in [-0.15, -0.1) is 0 Å². The highest BCUT2D eigenvalue weighted by Gasteiger charge is 2.49. The average Bonchev–Trinajstić information content (AvgIpc) is 3.63. The summed E-state index contributed by atoms with van der Waals surface area (Å²) in [5, 5.41) is 9.85. The van der Waals surface area contributed by atoms with Crippen LogP contribution in [-0.2, 0) is 4.79 Å². The number of nitrogens with one attached hydrogen (secondary N) is 1. The first-order valence-corrected chi connectivity index (χ1v) is 17.9. The number of nitrogens with zero attached hydrogens (tertiary/aromatic N) is 7. The molecule has 10 nitrogen and oxygen atoms in total. The van der Waals surface area contributed by atoms with E-state index >= 15 is 0 Å². The number of hydrogen-bond acceptors (Lipinski definition) is 8. The molecule has 48 heavy (non-hydrogen) atoms. The van der Waals surface area contributed by atoms with Crippen molar-refractivity contribution in [2.75, 3.05) is 69.3 Å². The number of benzene rings is 2. The molecule has 2 aromatic carbocycles. The number of carbonyl (C=O) groups excluding carboxylic acids is 1. The number of aromatic amines is 1. The van der Waals surface area contributed by atoms with Gasteiger partial charge >= 0.3 is 0 Å². The second kappa shape index (κ2) is 10.9. The summed E-state index contributed by atoms with van der Waals surface area (Å²) in [6, 6.07) is 6.72. The van der Waals surface area contributed by atoms with Crippen molar-refractivity contribution in [2.45, 2.75) is 63.8 Å². The zero-order valence-electron chi connectivity index (χ0n) is 28.5. The molecule has 0 radical (unpaired) electrons. The van der Waals surface area contributed by atoms with E-state index in [1.807, 2.05) is 11.1 Å². The Bertz CT molecular complexity index is 1950. The molecule has 1 amide bonds. The molecule has 4 aliphatic heterocycles. The number of piperidine rings is 1. The molecular weight excluding hydrogens is 600 g/mol. The van der Waals surface area contributed by atoms with Gasteiger partial charge in [0.2, 0.25) is 11.9 Å². The average molecular weight is 647 g/mol. The Balaban J connectivity index is 1.20. The molecule has 5 aliphatic rings. The number of aromatic nitrogens is 4. The maximum Gasteiger partial charge on any atom is 0.245 e. The number of fused-ring (bicyclic) bond motifs is 2. The maximum atomic E-state index is 12.2. The number of rotatable bonds is 7. The Morgan fingerprint density at radius 1 is 1.02 bits per heavy atom. The molecular formula is C38H46N8O2. The van der Waals surface area contributed by atoms with Gasteiger partial charge in [-0.05, 0) is 100 Å². The molecule has 250 valence electrons. The summed E-state index contributed by atoms with van der Waals surface area (Å²) < 4.78 is 6.75. The fourth-order valence-electron chi connectivity index (χ4n) is 9.08. The summed E-state index contributed by atoms with van der Waals surface area (Å²) in [6.45, 7) is 15.1. The minimum Gasteiger partial charge on any atom is -0.491 e. The van der Waals surface area contributed by atoms with Gasteiger partial charge in [-0.25, -0.2) is 4.98 Å². The van der Waals surface area contributed by atoms with Crippen LogP contribution in [0.15, 0.2) is 37.1 Å². The van der Waals surface area contributed by atoms with Crippen molar-refractivity contribution in [3.8, 4) is 16.9 Å². The zero-order valence-corrected chi connectivity index (χ0v) is 28.5. The molecule has 1 N–H and O–H groups in total. The van der Waals surface area contributed by atoms with Gasteiger partial charge in [0, 0.05) is 73.1 Å². The Hall–Kier alpha value is -4.18. The van der Waals surface area contributed by atoms with Crippen molar-refractivity contribution in [3.05, 3.63) is 48.2 Å². The van der Waals surface area contributed by atoms with Crippen molar-refractivity contribution in [2.24, 2.45) is 5.41 Å². The lowest BCUT2D eigenvalue weighted by molar-refractivity contribution is -0.139. The topological polar surface area (TPSA) is 93.7 Å². The molecule has 4 saturated heterocycles. The van der Waals surface area contributed by atoms with Crippen molar-refractivity contribution in [1.82, 2.24) is 30.0 Å². The standard InChI is InChI=1S/C38H46N8O2/c1-5-30(47)46-21-37(22-46)11-16-44(17-12-37)35-27-19-26(25-8-9-25)32(31-24(3)7-10-29-28(31)20-39-42-29)34(48-6-2)33(27)40-36(41-35)45-18-14-38(23-45)13-15-43(38)4/h5,7,10,19-20,25H,1,6,8-9,11-18,21-23H2,2-4H3,(H,39,42). The van der Waals surface area contributed by atoms with E-state index in [1.54, 1.807) is 0 Å². The van der Waals surface area contributed by atoms with Gasteiger partial charge in [-0.2, -0.15) is 10.1 Å². The molecule has 9 rings (SSSR count). The second-order valence-corrected chi connectivity index (χ2v) is 15.2. The first-order valence-electron chi connectivity index (χ1n) is 17.9. The third-order valence-electron chi connectivity index (χ3n) is 12.3. The molecule has 5 fully saturated rings. The van der Waals surface area contributed by atoms with Gasteiger partial charge in [-0.1, -0.05) is 12.6 Å². The smallest absolute Gasteiger partial charge is 0.245 e. The number of H-pyrrole nitrogens is 1. The first kappa shape index (κ1) is 29.9. The molecule has 10 heteroatoms. The molecule has 1 aliphatic carbocycles. The van der Waals surface area contributed by atoms with E-state index in [9.17, 15) is 4.79 Å². The number of anilines is 2. The quantitative estimate of drug-likeness (QED) is 0.258. The van der Waals surface area contributed by atoms with Crippen LogP contribution in [0.3, 0.4) is 0 Å². The van der Waals surface area contributed by atoms with Crippen LogP contribution in [0.2, 0.25) is 0 Å². The van der Waals surface area contributed by atoms with E-state index in [4.69, 9.17) is 14.7 Å². The summed E-state index contributed by atoms with van der Waals surface area (Å²) in [5.74, 6) is 3.24. The lowest BCUT2D eigenvalue weighted by atomic mass is 9.72. The van der Waals surface area contributed by atoms with Crippen LogP contribution < -0.4 is 14.5 Å². The van der Waals surface area contributed by atoms with Crippen LogP contribution in [0.5, 0.6) is 5.75 Å². The van der Waals surface area contributed by atoms with Gasteiger partial charge in [0.1, 0.15) is 11.3 Å². The van der Waals surface area contributed by atoms with Crippen LogP contribution >= 0.6 is 0 Å². The Morgan fingerprint density at radius 2 is 1.79 bits per heavy atom. The first-order chi connectivity index (χ1) is 23.3. The number of amides is 1. The van der Waals surface area contributed by atoms with E-state index in [-0.39, 0.29) is 16.9 Å². The maximum absolute atomic E-state index is 12.2. The van der Waals surface area contributed by atoms with Crippen molar-refractivity contribution in [3.63, 3.8) is 0 Å². The fraction of sp³-hybridized carbons (Fsp3) is 0.526. The highest BCUT2D eigenvalue weighted by molar-refractivity contribution is 6.06. The Labute approximate surface area is 282 Å². The largest absolute Gasteiger partial charge is 0.491 e. The molecule has 1 unspecified atom stereocenters. The predicted molar refractivity (Wildman–Crippen MR) is 190 cm³/mol. The summed E-state index contributed by atoms with van der Waals surface area (Å²) in [6.07, 6.45) is 10.2. The SMILES string of the molecule is C=CC(=O)N1CC2(CCN(c3nc(N4CCC5(CCN5C)C4)nc4c(OCC)c(-c5c(C)ccc6[nH]ncc56)c(C5CC5)cc34)CC2)C1. The highest BCUT2D eigenvalue weighted by atomic mass is 16.5. The van der Waals surface area contributed by atoms with Crippen LogP contribution in [0, 0.1) is 12.3 Å². The number of carbonyl (C=O) groups is 1. The fourth-order valence-corrected chi connectivity index (χ4v) is 9.08. The number of hydrogen-bond donors (Lipinski definition) is 1. The minimum atomic E-state index is 0.0446. The molecule has 4 aromatic rings. The summed E-state index contributed by atoms with van der Waals surface area (Å²) in [7, 11) is 2.26. The molecule has 6 heterocycles. The molecule has 1 saturated carbocycles. The number of ether oxygens (including phenoxy) is 1. The van der Waals surface area contributed by atoms with Crippen LogP contribution in [0.25, 0.3) is 32.9 Å². The van der Waals surface area contributed by atoms with Crippen LogP contribution in [0.1, 0.15) is 62.5 Å². The van der Waals surface area contributed by atoms with Gasteiger partial charge in [0.25, 0.3) is 0 Å². The van der Waals surface area contributed by atoms with E-state index in [0.717, 1.165) is 104 Å². The van der Waals surface area contributed by atoms with Crippen molar-refractivity contribution < 1.29 is 9.53 Å². The van der Waals surface area contributed by atoms with E-state index in [2.05, 4.69) is 70.6 Å². The predicted octanol–water partition coefficient (Wildman–Crippen LogP) is 5.66. The third-order valence-corrected chi connectivity index (χ3v) is 12.3. The van der Waals surface area contributed by atoms with Gasteiger partial charge < -0.3 is 19.4 Å². The summed E-state index contributed by atoms with van der Waals surface area (Å²) in [4.78, 5) is 32.5. The van der Waals surface area contributed by atoms with E-state index < -0.39 is 0 Å². The van der Waals surface area contributed by atoms with Crippen LogP contribution in [0.4, 0.5) is 11.8 Å². The van der Waals surface area contributed by atoms with E-state index in [0.29, 0.717) is 12.5 Å². The van der Waals surface area contributed by atoms with Gasteiger partial charge in [0.15, 0.2) is 5.75 Å². The number of likely N-dealkylation sites (tertiary alicyclic amines) is 2. The zero-order chi connectivity index (χ0) is 32.8. The van der Waals surface area contributed by atoms with Gasteiger partial charge in [0.05, 0.1) is 18.3 Å². The van der Waals surface area contributed by atoms with Crippen molar-refractivity contribution in [1.29, 1.82) is 0 Å². The monoisotopic (exact) mass is 646 g/mol.